The molecular formula is C19H26F3IN4OS2. The molecular weight excluding hydrogens is 548 g/mol. The summed E-state index contributed by atoms with van der Waals surface area (Å²) in [6, 6.07) is 7.23. The Morgan fingerprint density at radius 1 is 1.20 bits per heavy atom. The Balaban J connectivity index is 0.00000450. The van der Waals surface area contributed by atoms with Crippen LogP contribution in [0, 0.1) is 0 Å². The molecule has 0 fully saturated rings. The molecule has 2 aromatic rings. The lowest BCUT2D eigenvalue weighted by Gasteiger charge is -2.11. The quantitative estimate of drug-likeness (QED) is 0.129. The standard InChI is InChI=1S/C19H25F3N4OS2.HI/c1-2-23-17(24-8-3-10-28-18-25-9-11-29-18)26-12-15-4-6-16(7-5-15)13-27-14-19(20,21)22;/h4-7,9,11H,2-3,8,10,12-14H2,1H3,(H2,23,24,26);1H. The number of hydrogen-bond donors (Lipinski definition) is 2. The summed E-state index contributed by atoms with van der Waals surface area (Å²) < 4.78 is 42.1. The van der Waals surface area contributed by atoms with Gasteiger partial charge in [0.1, 0.15) is 10.9 Å². The van der Waals surface area contributed by atoms with E-state index in [0.29, 0.717) is 12.1 Å². The molecule has 1 aromatic heterocycles. The predicted molar refractivity (Wildman–Crippen MR) is 128 cm³/mol. The first-order valence-electron chi connectivity index (χ1n) is 9.23. The van der Waals surface area contributed by atoms with Gasteiger partial charge >= 0.3 is 6.18 Å². The van der Waals surface area contributed by atoms with E-state index >= 15 is 0 Å². The number of aromatic nitrogens is 1. The normalized spacial score (nSPS) is 11.8. The molecule has 5 nitrogen and oxygen atoms in total. The fraction of sp³-hybridized carbons (Fsp3) is 0.474. The first kappa shape index (κ1) is 27.0. The minimum absolute atomic E-state index is 0. The van der Waals surface area contributed by atoms with Crippen molar-refractivity contribution in [3.8, 4) is 0 Å². The molecule has 0 unspecified atom stereocenters. The third-order valence-electron chi connectivity index (χ3n) is 3.57. The zero-order valence-electron chi connectivity index (χ0n) is 16.6. The molecule has 1 heterocycles. The van der Waals surface area contributed by atoms with Gasteiger partial charge in [0.15, 0.2) is 5.96 Å². The van der Waals surface area contributed by atoms with Crippen molar-refractivity contribution < 1.29 is 17.9 Å². The van der Waals surface area contributed by atoms with Crippen LogP contribution in [0.15, 0.2) is 45.2 Å². The summed E-state index contributed by atoms with van der Waals surface area (Å²) in [4.78, 5) is 8.79. The summed E-state index contributed by atoms with van der Waals surface area (Å²) in [6.45, 7) is 2.75. The molecule has 2 N–H and O–H groups in total. The molecule has 0 aliphatic heterocycles. The van der Waals surface area contributed by atoms with E-state index in [9.17, 15) is 13.2 Å². The van der Waals surface area contributed by atoms with Gasteiger partial charge in [0.2, 0.25) is 0 Å². The molecule has 0 aliphatic carbocycles. The zero-order valence-corrected chi connectivity index (χ0v) is 20.5. The maximum absolute atomic E-state index is 12.1. The van der Waals surface area contributed by atoms with E-state index < -0.39 is 12.8 Å². The van der Waals surface area contributed by atoms with Crippen molar-refractivity contribution in [2.75, 3.05) is 25.4 Å². The number of halogens is 4. The smallest absolute Gasteiger partial charge is 0.367 e. The fourth-order valence-corrected chi connectivity index (χ4v) is 3.91. The monoisotopic (exact) mass is 574 g/mol. The van der Waals surface area contributed by atoms with Gasteiger partial charge in [-0.1, -0.05) is 36.0 Å². The fourth-order valence-electron chi connectivity index (χ4n) is 2.26. The number of alkyl halides is 3. The highest BCUT2D eigenvalue weighted by Crippen LogP contribution is 2.20. The van der Waals surface area contributed by atoms with Crippen LogP contribution < -0.4 is 10.6 Å². The second kappa shape index (κ2) is 14.9. The summed E-state index contributed by atoms with van der Waals surface area (Å²) in [5, 5.41) is 8.48. The average Bonchev–Trinajstić information content (AvgIpc) is 3.19. The molecule has 0 bridgehead atoms. The van der Waals surface area contributed by atoms with Gasteiger partial charge in [0.05, 0.1) is 13.2 Å². The molecule has 0 amide bonds. The molecule has 0 atom stereocenters. The van der Waals surface area contributed by atoms with Crippen molar-refractivity contribution >= 4 is 53.0 Å². The van der Waals surface area contributed by atoms with Gasteiger partial charge in [-0.15, -0.1) is 35.3 Å². The van der Waals surface area contributed by atoms with Crippen LogP contribution in [0.1, 0.15) is 24.5 Å². The van der Waals surface area contributed by atoms with Crippen LogP contribution in [0.25, 0.3) is 0 Å². The lowest BCUT2D eigenvalue weighted by atomic mass is 10.1. The second-order valence-electron chi connectivity index (χ2n) is 6.05. The molecule has 0 spiro atoms. The highest BCUT2D eigenvalue weighted by Gasteiger charge is 2.27. The first-order valence-corrected chi connectivity index (χ1v) is 11.1. The van der Waals surface area contributed by atoms with E-state index in [0.717, 1.165) is 41.1 Å². The van der Waals surface area contributed by atoms with Gasteiger partial charge in [-0.25, -0.2) is 9.98 Å². The number of hydrogen-bond acceptors (Lipinski definition) is 5. The lowest BCUT2D eigenvalue weighted by molar-refractivity contribution is -0.176. The van der Waals surface area contributed by atoms with Gasteiger partial charge in [-0.2, -0.15) is 13.2 Å². The molecule has 168 valence electrons. The molecule has 11 heteroatoms. The number of benzene rings is 1. The van der Waals surface area contributed by atoms with Crippen molar-refractivity contribution in [1.82, 2.24) is 15.6 Å². The second-order valence-corrected chi connectivity index (χ2v) is 8.28. The van der Waals surface area contributed by atoms with Crippen molar-refractivity contribution in [2.24, 2.45) is 4.99 Å². The van der Waals surface area contributed by atoms with Crippen LogP contribution in [0.2, 0.25) is 0 Å². The molecule has 0 saturated heterocycles. The average molecular weight is 574 g/mol. The van der Waals surface area contributed by atoms with E-state index in [1.54, 1.807) is 35.2 Å². The predicted octanol–water partition coefficient (Wildman–Crippen LogP) is 5.08. The SMILES string of the molecule is CCNC(=NCc1ccc(COCC(F)(F)F)cc1)NCCCSc1nccs1.I. The van der Waals surface area contributed by atoms with E-state index in [-0.39, 0.29) is 30.6 Å². The summed E-state index contributed by atoms with van der Waals surface area (Å²) >= 11 is 3.39. The van der Waals surface area contributed by atoms with Crippen LogP contribution in [0.3, 0.4) is 0 Å². The number of thiazole rings is 1. The Morgan fingerprint density at radius 3 is 2.57 bits per heavy atom. The van der Waals surface area contributed by atoms with Gasteiger partial charge < -0.3 is 15.4 Å². The Kier molecular flexibility index (Phi) is 13.4. The molecule has 1 aromatic carbocycles. The summed E-state index contributed by atoms with van der Waals surface area (Å²) in [5.41, 5.74) is 1.67. The highest BCUT2D eigenvalue weighted by atomic mass is 127. The number of nitrogens with one attached hydrogen (secondary N) is 2. The van der Waals surface area contributed by atoms with Gasteiger partial charge in [-0.05, 0) is 24.5 Å². The van der Waals surface area contributed by atoms with Crippen LogP contribution in [0.4, 0.5) is 13.2 Å². The molecule has 30 heavy (non-hydrogen) atoms. The minimum atomic E-state index is -4.30. The van der Waals surface area contributed by atoms with E-state index in [2.05, 4.69) is 25.3 Å². The minimum Gasteiger partial charge on any atom is -0.367 e. The van der Waals surface area contributed by atoms with Crippen molar-refractivity contribution in [2.45, 2.75) is 37.0 Å². The van der Waals surface area contributed by atoms with Gasteiger partial charge in [0, 0.05) is 30.4 Å². The Bertz CT molecular complexity index is 728. The molecule has 0 radical (unpaired) electrons. The zero-order chi connectivity index (χ0) is 21.0. The van der Waals surface area contributed by atoms with Gasteiger partial charge in [-0.3, -0.25) is 0 Å². The van der Waals surface area contributed by atoms with Crippen LogP contribution in [-0.2, 0) is 17.9 Å². The van der Waals surface area contributed by atoms with E-state index in [4.69, 9.17) is 0 Å². The lowest BCUT2D eigenvalue weighted by Crippen LogP contribution is -2.37. The highest BCUT2D eigenvalue weighted by molar-refractivity contribution is 14.0. The van der Waals surface area contributed by atoms with Gasteiger partial charge in [0.25, 0.3) is 0 Å². The largest absolute Gasteiger partial charge is 0.411 e. The number of thioether (sulfide) groups is 1. The Labute approximate surface area is 200 Å². The maximum Gasteiger partial charge on any atom is 0.411 e. The van der Waals surface area contributed by atoms with E-state index in [1.165, 1.54) is 0 Å². The third kappa shape index (κ3) is 12.0. The number of guanidine groups is 1. The molecule has 2 rings (SSSR count). The van der Waals surface area contributed by atoms with Crippen LogP contribution >= 0.6 is 47.1 Å². The van der Waals surface area contributed by atoms with Crippen LogP contribution in [0.5, 0.6) is 0 Å². The number of rotatable bonds is 11. The first-order chi connectivity index (χ1) is 14.0. The van der Waals surface area contributed by atoms with Crippen molar-refractivity contribution in [1.29, 1.82) is 0 Å². The number of nitrogens with zero attached hydrogens (tertiary/aromatic N) is 2. The summed E-state index contributed by atoms with van der Waals surface area (Å²) in [7, 11) is 0. The van der Waals surface area contributed by atoms with Crippen molar-refractivity contribution in [3.05, 3.63) is 47.0 Å². The third-order valence-corrected chi connectivity index (χ3v) is 5.62. The van der Waals surface area contributed by atoms with Crippen LogP contribution in [-0.4, -0.2) is 42.6 Å². The number of ether oxygens (including phenoxy) is 1. The van der Waals surface area contributed by atoms with Crippen molar-refractivity contribution in [3.63, 3.8) is 0 Å². The number of aliphatic imine (C=N–C) groups is 1. The molecule has 0 aliphatic rings. The Morgan fingerprint density at radius 2 is 1.93 bits per heavy atom. The molecule has 0 saturated carbocycles. The summed E-state index contributed by atoms with van der Waals surface area (Å²) in [5.74, 6) is 1.72. The topological polar surface area (TPSA) is 58.5 Å². The maximum atomic E-state index is 12.1. The van der Waals surface area contributed by atoms with E-state index in [1.807, 2.05) is 30.6 Å². The summed E-state index contributed by atoms with van der Waals surface area (Å²) in [6.07, 6.45) is -1.51. The Hall–Kier alpha value is -1.05.